The van der Waals surface area contributed by atoms with Gasteiger partial charge in [-0.15, -0.1) is 0 Å². The summed E-state index contributed by atoms with van der Waals surface area (Å²) >= 11 is 0. The van der Waals surface area contributed by atoms with E-state index in [-0.39, 0.29) is 5.91 Å². The van der Waals surface area contributed by atoms with Crippen LogP contribution in [0.25, 0.3) is 0 Å². The van der Waals surface area contributed by atoms with Crippen molar-refractivity contribution in [2.45, 2.75) is 51.0 Å². The van der Waals surface area contributed by atoms with Crippen LogP contribution < -0.4 is 5.32 Å². The maximum absolute atomic E-state index is 12.0. The van der Waals surface area contributed by atoms with Crippen LogP contribution in [-0.2, 0) is 4.79 Å². The second-order valence-corrected chi connectivity index (χ2v) is 5.98. The zero-order valence-corrected chi connectivity index (χ0v) is 11.5. The van der Waals surface area contributed by atoms with Gasteiger partial charge in [0.2, 0.25) is 5.91 Å². The molecule has 0 saturated carbocycles. The molecule has 0 aromatic rings. The SMILES string of the molecule is CCCC1(O)CN(C(=O)CCC2CCCNC2)C1. The molecule has 1 amide bonds. The molecule has 2 aliphatic heterocycles. The Labute approximate surface area is 110 Å². The van der Waals surface area contributed by atoms with Crippen molar-refractivity contribution < 1.29 is 9.90 Å². The Morgan fingerprint density at radius 1 is 1.50 bits per heavy atom. The first-order valence-electron chi connectivity index (χ1n) is 7.34. The van der Waals surface area contributed by atoms with E-state index in [1.54, 1.807) is 0 Å². The quantitative estimate of drug-likeness (QED) is 0.773. The lowest BCUT2D eigenvalue weighted by Crippen LogP contribution is -2.63. The van der Waals surface area contributed by atoms with Gasteiger partial charge in [0.05, 0.1) is 18.7 Å². The van der Waals surface area contributed by atoms with Gasteiger partial charge < -0.3 is 15.3 Å². The lowest BCUT2D eigenvalue weighted by atomic mass is 9.88. The van der Waals surface area contributed by atoms with Crippen LogP contribution in [-0.4, -0.2) is 47.7 Å². The third kappa shape index (κ3) is 3.45. The lowest BCUT2D eigenvalue weighted by Gasteiger charge is -2.46. The van der Waals surface area contributed by atoms with E-state index >= 15 is 0 Å². The summed E-state index contributed by atoms with van der Waals surface area (Å²) in [5, 5.41) is 13.4. The molecule has 0 spiro atoms. The zero-order valence-electron chi connectivity index (χ0n) is 11.5. The molecule has 2 saturated heterocycles. The Hall–Kier alpha value is -0.610. The van der Waals surface area contributed by atoms with Gasteiger partial charge in [-0.1, -0.05) is 13.3 Å². The number of nitrogens with zero attached hydrogens (tertiary/aromatic N) is 1. The summed E-state index contributed by atoms with van der Waals surface area (Å²) in [6.45, 7) is 5.34. The first-order chi connectivity index (χ1) is 8.63. The van der Waals surface area contributed by atoms with Gasteiger partial charge >= 0.3 is 0 Å². The molecule has 1 unspecified atom stereocenters. The van der Waals surface area contributed by atoms with Crippen molar-refractivity contribution in [2.75, 3.05) is 26.2 Å². The highest BCUT2D eigenvalue weighted by Gasteiger charge is 2.42. The number of carbonyl (C=O) groups excluding carboxylic acids is 1. The fraction of sp³-hybridized carbons (Fsp3) is 0.929. The molecule has 2 aliphatic rings. The fourth-order valence-corrected chi connectivity index (χ4v) is 3.12. The van der Waals surface area contributed by atoms with E-state index in [1.165, 1.54) is 12.8 Å². The van der Waals surface area contributed by atoms with Crippen LogP contribution in [0.15, 0.2) is 0 Å². The van der Waals surface area contributed by atoms with E-state index in [0.29, 0.717) is 25.4 Å². The summed E-state index contributed by atoms with van der Waals surface area (Å²) in [7, 11) is 0. The molecule has 1 atom stereocenters. The molecule has 0 aromatic carbocycles. The van der Waals surface area contributed by atoms with E-state index in [2.05, 4.69) is 12.2 Å². The van der Waals surface area contributed by atoms with Crippen LogP contribution in [0.5, 0.6) is 0 Å². The number of hydrogen-bond acceptors (Lipinski definition) is 3. The molecule has 18 heavy (non-hydrogen) atoms. The van der Waals surface area contributed by atoms with E-state index in [4.69, 9.17) is 0 Å². The summed E-state index contributed by atoms with van der Waals surface area (Å²) in [6, 6.07) is 0. The fourth-order valence-electron chi connectivity index (χ4n) is 3.12. The standard InChI is InChI=1S/C14H26N2O2/c1-2-7-14(18)10-16(11-14)13(17)6-5-12-4-3-8-15-9-12/h12,15,18H,2-11H2,1H3. The maximum atomic E-state index is 12.0. The predicted octanol–water partition coefficient (Wildman–Crippen LogP) is 1.14. The molecule has 2 heterocycles. The second-order valence-electron chi connectivity index (χ2n) is 5.98. The number of likely N-dealkylation sites (tertiary alicyclic amines) is 1. The summed E-state index contributed by atoms with van der Waals surface area (Å²) < 4.78 is 0. The van der Waals surface area contributed by atoms with Crippen molar-refractivity contribution in [1.29, 1.82) is 0 Å². The Morgan fingerprint density at radius 3 is 2.89 bits per heavy atom. The van der Waals surface area contributed by atoms with Crippen LogP contribution in [0.1, 0.15) is 45.4 Å². The zero-order chi connectivity index (χ0) is 13.0. The molecule has 4 heteroatoms. The second kappa shape index (κ2) is 6.02. The topological polar surface area (TPSA) is 52.6 Å². The highest BCUT2D eigenvalue weighted by atomic mass is 16.3. The van der Waals surface area contributed by atoms with Crippen molar-refractivity contribution in [3.8, 4) is 0 Å². The van der Waals surface area contributed by atoms with Gasteiger partial charge in [0, 0.05) is 6.42 Å². The molecular formula is C14H26N2O2. The number of hydrogen-bond donors (Lipinski definition) is 2. The van der Waals surface area contributed by atoms with Crippen molar-refractivity contribution in [1.82, 2.24) is 10.2 Å². The molecule has 2 rings (SSSR count). The predicted molar refractivity (Wildman–Crippen MR) is 71.3 cm³/mol. The number of nitrogens with one attached hydrogen (secondary N) is 1. The van der Waals surface area contributed by atoms with Crippen LogP contribution in [0.2, 0.25) is 0 Å². The van der Waals surface area contributed by atoms with Gasteiger partial charge in [0.1, 0.15) is 0 Å². The van der Waals surface area contributed by atoms with E-state index in [9.17, 15) is 9.90 Å². The van der Waals surface area contributed by atoms with Gasteiger partial charge in [-0.2, -0.15) is 0 Å². The number of piperidine rings is 1. The molecule has 0 bridgehead atoms. The van der Waals surface area contributed by atoms with Gasteiger partial charge in [-0.25, -0.2) is 0 Å². The van der Waals surface area contributed by atoms with Crippen molar-refractivity contribution in [2.24, 2.45) is 5.92 Å². The molecular weight excluding hydrogens is 228 g/mol. The third-order valence-electron chi connectivity index (χ3n) is 4.20. The minimum atomic E-state index is -0.587. The molecule has 0 aliphatic carbocycles. The molecule has 4 nitrogen and oxygen atoms in total. The Morgan fingerprint density at radius 2 is 2.28 bits per heavy atom. The van der Waals surface area contributed by atoms with Crippen LogP contribution >= 0.6 is 0 Å². The van der Waals surface area contributed by atoms with Gasteiger partial charge in [0.25, 0.3) is 0 Å². The monoisotopic (exact) mass is 254 g/mol. The smallest absolute Gasteiger partial charge is 0.222 e. The maximum Gasteiger partial charge on any atom is 0.222 e. The largest absolute Gasteiger partial charge is 0.386 e. The summed E-state index contributed by atoms with van der Waals surface area (Å²) in [6.07, 6.45) is 5.91. The molecule has 0 radical (unpaired) electrons. The average Bonchev–Trinajstić information content (AvgIpc) is 2.34. The van der Waals surface area contributed by atoms with Gasteiger partial charge in [-0.3, -0.25) is 4.79 Å². The lowest BCUT2D eigenvalue weighted by molar-refractivity contribution is -0.156. The summed E-state index contributed by atoms with van der Waals surface area (Å²) in [5.74, 6) is 0.889. The summed E-state index contributed by atoms with van der Waals surface area (Å²) in [4.78, 5) is 13.8. The average molecular weight is 254 g/mol. The van der Waals surface area contributed by atoms with E-state index < -0.39 is 5.60 Å². The molecule has 104 valence electrons. The van der Waals surface area contributed by atoms with Crippen LogP contribution in [0, 0.1) is 5.92 Å². The van der Waals surface area contributed by atoms with Crippen molar-refractivity contribution in [3.05, 3.63) is 0 Å². The van der Waals surface area contributed by atoms with Gasteiger partial charge in [0.15, 0.2) is 0 Å². The number of β-amino-alcohol motifs (C(OH)–C–C–N with tert-alkyl or cyclic N) is 1. The third-order valence-corrected chi connectivity index (χ3v) is 4.20. The minimum Gasteiger partial charge on any atom is -0.386 e. The van der Waals surface area contributed by atoms with Crippen LogP contribution in [0.4, 0.5) is 0 Å². The number of aliphatic hydroxyl groups is 1. The molecule has 0 aromatic heterocycles. The highest BCUT2D eigenvalue weighted by molar-refractivity contribution is 5.77. The molecule has 2 N–H and O–H groups in total. The molecule has 2 fully saturated rings. The number of rotatable bonds is 5. The Bertz CT molecular complexity index is 282. The highest BCUT2D eigenvalue weighted by Crippen LogP contribution is 2.27. The van der Waals surface area contributed by atoms with Gasteiger partial charge in [-0.05, 0) is 44.7 Å². The Kier molecular flexibility index (Phi) is 4.62. The van der Waals surface area contributed by atoms with Crippen molar-refractivity contribution in [3.63, 3.8) is 0 Å². The summed E-state index contributed by atoms with van der Waals surface area (Å²) in [5.41, 5.74) is -0.587. The Balaban J connectivity index is 1.64. The first kappa shape index (κ1) is 13.8. The van der Waals surface area contributed by atoms with Crippen molar-refractivity contribution >= 4 is 5.91 Å². The van der Waals surface area contributed by atoms with E-state index in [1.807, 2.05) is 4.90 Å². The normalized spacial score (nSPS) is 26.8. The van der Waals surface area contributed by atoms with Crippen LogP contribution in [0.3, 0.4) is 0 Å². The minimum absolute atomic E-state index is 0.223. The van der Waals surface area contributed by atoms with E-state index in [0.717, 1.165) is 32.4 Å². The first-order valence-corrected chi connectivity index (χ1v) is 7.34. The number of amides is 1. The number of carbonyl (C=O) groups is 1.